The minimum atomic E-state index is -0.469. The molecule has 1 aliphatic rings. The number of benzene rings is 1. The zero-order valence-corrected chi connectivity index (χ0v) is 13.7. The molecular formula is C16H18N6O3. The summed E-state index contributed by atoms with van der Waals surface area (Å²) in [5.41, 5.74) is 6.07. The van der Waals surface area contributed by atoms with Gasteiger partial charge >= 0.3 is 0 Å². The molecule has 3 rings (SSSR count). The molecule has 1 aromatic heterocycles. The summed E-state index contributed by atoms with van der Waals surface area (Å²) in [4.78, 5) is 29.0. The van der Waals surface area contributed by atoms with E-state index in [-0.39, 0.29) is 17.6 Å². The third kappa shape index (κ3) is 3.35. The Balaban J connectivity index is 1.79. The number of hydrogen-bond acceptors (Lipinski definition) is 6. The van der Waals surface area contributed by atoms with E-state index < -0.39 is 4.92 Å². The van der Waals surface area contributed by atoms with Gasteiger partial charge in [-0.2, -0.15) is 10.1 Å². The van der Waals surface area contributed by atoms with E-state index in [2.05, 4.69) is 10.1 Å². The van der Waals surface area contributed by atoms with Crippen molar-refractivity contribution in [1.29, 1.82) is 0 Å². The average Bonchev–Trinajstić information content (AvgIpc) is 3.20. The van der Waals surface area contributed by atoms with Crippen molar-refractivity contribution in [2.45, 2.75) is 18.9 Å². The zero-order valence-electron chi connectivity index (χ0n) is 13.7. The molecule has 9 nitrogen and oxygen atoms in total. The number of amides is 1. The summed E-state index contributed by atoms with van der Waals surface area (Å²) in [6, 6.07) is 6.06. The third-order valence-electron chi connectivity index (χ3n) is 4.19. The van der Waals surface area contributed by atoms with Crippen molar-refractivity contribution in [2.75, 3.05) is 12.3 Å². The summed E-state index contributed by atoms with van der Waals surface area (Å²) in [7, 11) is 1.70. The second kappa shape index (κ2) is 6.71. The van der Waals surface area contributed by atoms with Gasteiger partial charge in [-0.05, 0) is 25.0 Å². The summed E-state index contributed by atoms with van der Waals surface area (Å²) in [6.45, 7) is 0.586. The molecule has 1 aromatic carbocycles. The molecule has 0 radical (unpaired) electrons. The maximum absolute atomic E-state index is 12.6. The van der Waals surface area contributed by atoms with Crippen LogP contribution in [-0.4, -0.2) is 37.0 Å². The lowest BCUT2D eigenvalue weighted by Gasteiger charge is -2.20. The van der Waals surface area contributed by atoms with Crippen molar-refractivity contribution in [2.24, 2.45) is 7.05 Å². The number of nitro groups is 1. The first-order valence-electron chi connectivity index (χ1n) is 7.86. The standard InChI is InChI=1S/C16H18N6O3/c1-20-16(17)18-15(19-20)13-7-4-10-21(13)14(23)9-8-11-5-2-3-6-12(11)22(24)25/h2-3,5-6,8-9,13H,4,7,10H2,1H3,(H2,17,18,19). The molecule has 1 amide bonds. The smallest absolute Gasteiger partial charge is 0.276 e. The highest BCUT2D eigenvalue weighted by molar-refractivity contribution is 5.92. The maximum atomic E-state index is 12.6. The molecule has 0 saturated carbocycles. The molecular weight excluding hydrogens is 324 g/mol. The SMILES string of the molecule is Cn1nc(C2CCCN2C(=O)C=Cc2ccccc2[N+](=O)[O-])nc1N. The Labute approximate surface area is 143 Å². The first kappa shape index (κ1) is 16.6. The van der Waals surface area contributed by atoms with Crippen LogP contribution in [0.1, 0.15) is 30.3 Å². The van der Waals surface area contributed by atoms with Crippen molar-refractivity contribution in [3.05, 3.63) is 51.8 Å². The van der Waals surface area contributed by atoms with Crippen LogP contribution in [0.2, 0.25) is 0 Å². The van der Waals surface area contributed by atoms with Crippen LogP contribution in [0, 0.1) is 10.1 Å². The highest BCUT2D eigenvalue weighted by Crippen LogP contribution is 2.30. The van der Waals surface area contributed by atoms with E-state index in [9.17, 15) is 14.9 Å². The van der Waals surface area contributed by atoms with Crippen LogP contribution >= 0.6 is 0 Å². The summed E-state index contributed by atoms with van der Waals surface area (Å²) in [5.74, 6) is 0.585. The summed E-state index contributed by atoms with van der Waals surface area (Å²) >= 11 is 0. The number of carbonyl (C=O) groups is 1. The van der Waals surface area contributed by atoms with Gasteiger partial charge in [0.15, 0.2) is 5.82 Å². The van der Waals surface area contributed by atoms with E-state index in [1.807, 2.05) is 0 Å². The Kier molecular flexibility index (Phi) is 4.46. The molecule has 2 N–H and O–H groups in total. The first-order chi connectivity index (χ1) is 12.0. The van der Waals surface area contributed by atoms with E-state index in [4.69, 9.17) is 5.73 Å². The quantitative estimate of drug-likeness (QED) is 0.513. The fourth-order valence-corrected chi connectivity index (χ4v) is 2.91. The molecule has 2 aromatic rings. The number of aryl methyl sites for hydroxylation is 1. The lowest BCUT2D eigenvalue weighted by atomic mass is 10.1. The van der Waals surface area contributed by atoms with Gasteiger partial charge in [0.2, 0.25) is 11.9 Å². The fourth-order valence-electron chi connectivity index (χ4n) is 2.91. The van der Waals surface area contributed by atoms with Gasteiger partial charge in [-0.1, -0.05) is 12.1 Å². The number of anilines is 1. The predicted octanol–water partition coefficient (Wildman–Crippen LogP) is 1.68. The number of likely N-dealkylation sites (tertiary alicyclic amines) is 1. The maximum Gasteiger partial charge on any atom is 0.276 e. The Bertz CT molecular complexity index is 825. The molecule has 1 unspecified atom stereocenters. The van der Waals surface area contributed by atoms with Crippen molar-refractivity contribution >= 4 is 23.6 Å². The van der Waals surface area contributed by atoms with E-state index in [1.54, 1.807) is 30.1 Å². The number of rotatable bonds is 4. The van der Waals surface area contributed by atoms with Crippen LogP contribution in [0.15, 0.2) is 30.3 Å². The molecule has 0 bridgehead atoms. The molecule has 0 spiro atoms. The fraction of sp³-hybridized carbons (Fsp3) is 0.312. The second-order valence-electron chi connectivity index (χ2n) is 5.79. The van der Waals surface area contributed by atoms with Crippen molar-refractivity contribution in [3.8, 4) is 0 Å². The minimum Gasteiger partial charge on any atom is -0.368 e. The van der Waals surface area contributed by atoms with E-state index >= 15 is 0 Å². The summed E-state index contributed by atoms with van der Waals surface area (Å²) in [5, 5.41) is 15.3. The predicted molar refractivity (Wildman–Crippen MR) is 91.2 cm³/mol. The number of hydrogen-bond donors (Lipinski definition) is 1. The molecule has 1 fully saturated rings. The molecule has 1 atom stereocenters. The van der Waals surface area contributed by atoms with Crippen LogP contribution < -0.4 is 5.73 Å². The number of aromatic nitrogens is 3. The highest BCUT2D eigenvalue weighted by Gasteiger charge is 2.32. The summed E-state index contributed by atoms with van der Waals surface area (Å²) < 4.78 is 1.47. The minimum absolute atomic E-state index is 0.0383. The van der Waals surface area contributed by atoms with Gasteiger partial charge in [-0.3, -0.25) is 14.9 Å². The lowest BCUT2D eigenvalue weighted by molar-refractivity contribution is -0.385. The van der Waals surface area contributed by atoms with E-state index in [1.165, 1.54) is 22.9 Å². The molecule has 25 heavy (non-hydrogen) atoms. The number of para-hydroxylation sites is 1. The van der Waals surface area contributed by atoms with Crippen LogP contribution in [0.4, 0.5) is 11.6 Å². The van der Waals surface area contributed by atoms with E-state index in [0.717, 1.165) is 12.8 Å². The Morgan fingerprint density at radius 2 is 2.20 bits per heavy atom. The van der Waals surface area contributed by atoms with Gasteiger partial charge in [0.25, 0.3) is 5.69 Å². The van der Waals surface area contributed by atoms with Crippen LogP contribution in [0.3, 0.4) is 0 Å². The number of nitrogen functional groups attached to an aromatic ring is 1. The topological polar surface area (TPSA) is 120 Å². The van der Waals surface area contributed by atoms with Crippen LogP contribution in [-0.2, 0) is 11.8 Å². The Morgan fingerprint density at radius 3 is 2.88 bits per heavy atom. The molecule has 1 saturated heterocycles. The normalized spacial score (nSPS) is 17.3. The highest BCUT2D eigenvalue weighted by atomic mass is 16.6. The van der Waals surface area contributed by atoms with Crippen molar-refractivity contribution in [1.82, 2.24) is 19.7 Å². The van der Waals surface area contributed by atoms with E-state index in [0.29, 0.717) is 23.9 Å². The van der Waals surface area contributed by atoms with Crippen LogP contribution in [0.25, 0.3) is 6.08 Å². The van der Waals surface area contributed by atoms with Gasteiger partial charge in [-0.15, -0.1) is 0 Å². The van der Waals surface area contributed by atoms with Gasteiger partial charge in [0.1, 0.15) is 0 Å². The van der Waals surface area contributed by atoms with Gasteiger partial charge in [0.05, 0.1) is 16.5 Å². The molecule has 0 aliphatic carbocycles. The largest absolute Gasteiger partial charge is 0.368 e. The zero-order chi connectivity index (χ0) is 18.0. The number of nitro benzene ring substituents is 1. The third-order valence-corrected chi connectivity index (χ3v) is 4.19. The van der Waals surface area contributed by atoms with Gasteiger partial charge < -0.3 is 10.6 Å². The summed E-state index contributed by atoms with van der Waals surface area (Å²) in [6.07, 6.45) is 4.42. The van der Waals surface area contributed by atoms with Crippen molar-refractivity contribution in [3.63, 3.8) is 0 Å². The Hall–Kier alpha value is -3.23. The first-order valence-corrected chi connectivity index (χ1v) is 7.86. The van der Waals surface area contributed by atoms with Crippen molar-refractivity contribution < 1.29 is 9.72 Å². The Morgan fingerprint density at radius 1 is 1.44 bits per heavy atom. The monoisotopic (exact) mass is 342 g/mol. The average molecular weight is 342 g/mol. The lowest BCUT2D eigenvalue weighted by Crippen LogP contribution is -2.29. The molecule has 9 heteroatoms. The molecule has 1 aliphatic heterocycles. The van der Waals surface area contributed by atoms with Gasteiger partial charge in [0, 0.05) is 25.7 Å². The number of carbonyl (C=O) groups excluding carboxylic acids is 1. The molecule has 130 valence electrons. The van der Waals surface area contributed by atoms with Crippen LogP contribution in [0.5, 0.6) is 0 Å². The number of nitrogens with two attached hydrogens (primary N) is 1. The molecule has 2 heterocycles. The van der Waals surface area contributed by atoms with Gasteiger partial charge in [-0.25, -0.2) is 4.68 Å². The number of nitrogens with zero attached hydrogens (tertiary/aromatic N) is 5. The second-order valence-corrected chi connectivity index (χ2v) is 5.79.